The van der Waals surface area contributed by atoms with E-state index < -0.39 is 32.7 Å². The third-order valence-corrected chi connectivity index (χ3v) is 7.21. The van der Waals surface area contributed by atoms with E-state index >= 15 is 0 Å². The number of carbonyl (C=O) groups is 2. The van der Waals surface area contributed by atoms with Crippen LogP contribution in [0.3, 0.4) is 0 Å². The van der Waals surface area contributed by atoms with Crippen molar-refractivity contribution in [3.8, 4) is 0 Å². The highest BCUT2D eigenvalue weighted by Gasteiger charge is 2.33. The van der Waals surface area contributed by atoms with E-state index in [9.17, 15) is 31.2 Å². The third kappa shape index (κ3) is 5.22. The molecule has 0 unspecified atom stereocenters. The van der Waals surface area contributed by atoms with Gasteiger partial charge in [-0.2, -0.15) is 17.5 Å². The fourth-order valence-corrected chi connectivity index (χ4v) is 4.84. The summed E-state index contributed by atoms with van der Waals surface area (Å²) < 4.78 is 65.8. The molecule has 0 aliphatic carbocycles. The molecule has 1 N–H and O–H groups in total. The van der Waals surface area contributed by atoms with E-state index in [1.807, 2.05) is 0 Å². The summed E-state index contributed by atoms with van der Waals surface area (Å²) in [6, 6.07) is 8.04. The third-order valence-electron chi connectivity index (χ3n) is 4.97. The zero-order valence-electron chi connectivity index (χ0n) is 16.8. The lowest BCUT2D eigenvalue weighted by Crippen LogP contribution is -2.49. The topological polar surface area (TPSA) is 86.8 Å². The highest BCUT2D eigenvalue weighted by atomic mass is 35.5. The number of rotatable bonds is 4. The monoisotopic (exact) mass is 489 g/mol. The van der Waals surface area contributed by atoms with E-state index in [4.69, 9.17) is 11.6 Å². The maximum Gasteiger partial charge on any atom is 0.417 e. The molecule has 2 amide bonds. The van der Waals surface area contributed by atoms with Crippen LogP contribution in [-0.2, 0) is 21.0 Å². The van der Waals surface area contributed by atoms with E-state index in [0.717, 1.165) is 12.1 Å². The molecule has 1 aliphatic heterocycles. The van der Waals surface area contributed by atoms with E-state index in [0.29, 0.717) is 0 Å². The molecule has 3 rings (SSSR count). The van der Waals surface area contributed by atoms with Crippen LogP contribution in [0.25, 0.3) is 0 Å². The number of benzene rings is 2. The maximum absolute atomic E-state index is 13.0. The minimum atomic E-state index is -4.68. The number of sulfonamides is 1. The Balaban J connectivity index is 1.72. The van der Waals surface area contributed by atoms with Crippen molar-refractivity contribution in [2.75, 3.05) is 31.5 Å². The molecule has 1 saturated heterocycles. The number of halogens is 4. The van der Waals surface area contributed by atoms with Crippen LogP contribution in [0.4, 0.5) is 18.9 Å². The Morgan fingerprint density at radius 3 is 2.12 bits per heavy atom. The molecule has 2 aromatic carbocycles. The van der Waals surface area contributed by atoms with Gasteiger partial charge in [0.15, 0.2) is 0 Å². The van der Waals surface area contributed by atoms with Crippen LogP contribution >= 0.6 is 11.6 Å². The summed E-state index contributed by atoms with van der Waals surface area (Å²) in [5.74, 6) is -0.833. The van der Waals surface area contributed by atoms with Crippen molar-refractivity contribution in [1.29, 1.82) is 0 Å². The molecule has 2 aromatic rings. The first-order chi connectivity index (χ1) is 14.9. The number of hydrogen-bond acceptors (Lipinski definition) is 4. The lowest BCUT2D eigenvalue weighted by atomic mass is 10.1. The minimum Gasteiger partial charge on any atom is -0.340 e. The van der Waals surface area contributed by atoms with Crippen LogP contribution in [0.1, 0.15) is 22.8 Å². The average molecular weight is 490 g/mol. The van der Waals surface area contributed by atoms with Crippen LogP contribution < -0.4 is 5.32 Å². The molecule has 32 heavy (non-hydrogen) atoms. The smallest absolute Gasteiger partial charge is 0.340 e. The van der Waals surface area contributed by atoms with E-state index in [1.165, 1.54) is 41.6 Å². The second-order valence-corrected chi connectivity index (χ2v) is 9.43. The Labute approximate surface area is 187 Å². The van der Waals surface area contributed by atoms with Gasteiger partial charge in [0.2, 0.25) is 15.9 Å². The Hall–Kier alpha value is -2.63. The number of nitrogens with zero attached hydrogens (tertiary/aromatic N) is 2. The first kappa shape index (κ1) is 24.0. The molecule has 7 nitrogen and oxygen atoms in total. The van der Waals surface area contributed by atoms with Gasteiger partial charge in [0.1, 0.15) is 0 Å². The van der Waals surface area contributed by atoms with Crippen LogP contribution in [-0.4, -0.2) is 55.6 Å². The van der Waals surface area contributed by atoms with Gasteiger partial charge in [0.25, 0.3) is 5.91 Å². The summed E-state index contributed by atoms with van der Waals surface area (Å²) in [7, 11) is -3.82. The predicted octanol–water partition coefficient (Wildman–Crippen LogP) is 3.46. The zero-order valence-corrected chi connectivity index (χ0v) is 18.4. The van der Waals surface area contributed by atoms with E-state index in [-0.39, 0.29) is 48.2 Å². The Morgan fingerprint density at radius 2 is 1.59 bits per heavy atom. The fraction of sp³-hybridized carbons (Fsp3) is 0.300. The zero-order chi connectivity index (χ0) is 23.7. The minimum absolute atomic E-state index is 0.0313. The molecule has 0 radical (unpaired) electrons. The van der Waals surface area contributed by atoms with Crippen molar-refractivity contribution >= 4 is 39.1 Å². The Kier molecular flexibility index (Phi) is 6.82. The first-order valence-electron chi connectivity index (χ1n) is 9.43. The summed E-state index contributed by atoms with van der Waals surface area (Å²) in [6.07, 6.45) is -4.68. The van der Waals surface area contributed by atoms with Crippen molar-refractivity contribution in [1.82, 2.24) is 9.21 Å². The number of amides is 2. The quantitative estimate of drug-likeness (QED) is 0.712. The molecule has 1 fully saturated rings. The lowest BCUT2D eigenvalue weighted by molar-refractivity contribution is -0.137. The number of hydrogen-bond donors (Lipinski definition) is 1. The number of carbonyl (C=O) groups excluding carboxylic acids is 2. The summed E-state index contributed by atoms with van der Waals surface area (Å²) in [5, 5.41) is 1.85. The van der Waals surface area contributed by atoms with Crippen LogP contribution in [0.15, 0.2) is 47.4 Å². The van der Waals surface area contributed by atoms with Gasteiger partial charge in [-0.3, -0.25) is 9.59 Å². The normalized spacial score (nSPS) is 15.5. The Morgan fingerprint density at radius 1 is 1.00 bits per heavy atom. The number of alkyl halides is 3. The fourth-order valence-electron chi connectivity index (χ4n) is 3.19. The van der Waals surface area contributed by atoms with Gasteiger partial charge in [0, 0.05) is 44.4 Å². The van der Waals surface area contributed by atoms with Crippen molar-refractivity contribution in [2.45, 2.75) is 18.0 Å². The van der Waals surface area contributed by atoms with Crippen molar-refractivity contribution in [2.24, 2.45) is 0 Å². The number of nitrogens with one attached hydrogen (secondary N) is 1. The molecular formula is C20H19ClF3N3O4S. The summed E-state index contributed by atoms with van der Waals surface area (Å²) in [6.45, 7) is 2.30. The highest BCUT2D eigenvalue weighted by Crippen LogP contribution is 2.36. The van der Waals surface area contributed by atoms with Crippen molar-refractivity contribution in [3.63, 3.8) is 0 Å². The SMILES string of the molecule is CC(=O)N1CCN(S(=O)(=O)c2ccc(C(=O)Nc3ccc(Cl)c(C(F)(F)F)c3)cc2)CC1. The van der Waals surface area contributed by atoms with Crippen LogP contribution in [0.5, 0.6) is 0 Å². The number of anilines is 1. The van der Waals surface area contributed by atoms with Gasteiger partial charge >= 0.3 is 6.18 Å². The molecular weight excluding hydrogens is 471 g/mol. The molecule has 0 spiro atoms. The van der Waals surface area contributed by atoms with Gasteiger partial charge in [-0.15, -0.1) is 0 Å². The lowest BCUT2D eigenvalue weighted by Gasteiger charge is -2.33. The van der Waals surface area contributed by atoms with Gasteiger partial charge in [-0.1, -0.05) is 11.6 Å². The summed E-state index contributed by atoms with van der Waals surface area (Å²) >= 11 is 5.57. The second kappa shape index (κ2) is 9.08. The molecule has 172 valence electrons. The largest absolute Gasteiger partial charge is 0.417 e. The van der Waals surface area contributed by atoms with Crippen molar-refractivity contribution < 1.29 is 31.2 Å². The highest BCUT2D eigenvalue weighted by molar-refractivity contribution is 7.89. The molecule has 0 aromatic heterocycles. The van der Waals surface area contributed by atoms with Gasteiger partial charge in [-0.25, -0.2) is 8.42 Å². The second-order valence-electron chi connectivity index (χ2n) is 7.08. The molecule has 0 bridgehead atoms. The van der Waals surface area contributed by atoms with Crippen molar-refractivity contribution in [3.05, 3.63) is 58.6 Å². The molecule has 12 heteroatoms. The molecule has 1 aliphatic rings. The number of piperazine rings is 1. The van der Waals surface area contributed by atoms with E-state index in [1.54, 1.807) is 4.90 Å². The van der Waals surface area contributed by atoms with Crippen LogP contribution in [0.2, 0.25) is 5.02 Å². The Bertz CT molecular complexity index is 1130. The van der Waals surface area contributed by atoms with Crippen LogP contribution in [0, 0.1) is 0 Å². The molecule has 0 saturated carbocycles. The average Bonchev–Trinajstić information content (AvgIpc) is 2.74. The first-order valence-corrected chi connectivity index (χ1v) is 11.3. The maximum atomic E-state index is 13.0. The standard InChI is InChI=1S/C20H19ClF3N3O4S/c1-13(28)26-8-10-27(11-9-26)32(30,31)16-5-2-14(3-6-16)19(29)25-15-4-7-18(21)17(12-15)20(22,23)24/h2-7,12H,8-11H2,1H3,(H,25,29). The summed E-state index contributed by atoms with van der Waals surface area (Å²) in [4.78, 5) is 25.3. The van der Waals surface area contributed by atoms with E-state index in [2.05, 4.69) is 5.32 Å². The molecule has 1 heterocycles. The predicted molar refractivity (Wildman–Crippen MR) is 112 cm³/mol. The summed E-state index contributed by atoms with van der Waals surface area (Å²) in [5.41, 5.74) is -1.12. The van der Waals surface area contributed by atoms with Gasteiger partial charge in [-0.05, 0) is 42.5 Å². The molecule has 0 atom stereocenters. The van der Waals surface area contributed by atoms with Gasteiger partial charge < -0.3 is 10.2 Å². The van der Waals surface area contributed by atoms with Gasteiger partial charge in [0.05, 0.1) is 15.5 Å².